The van der Waals surface area contributed by atoms with Crippen molar-refractivity contribution in [3.8, 4) is 94.5 Å². The van der Waals surface area contributed by atoms with E-state index < -0.39 is 64.2 Å². The third-order valence-corrected chi connectivity index (χ3v) is 16.7. The lowest BCUT2D eigenvalue weighted by atomic mass is 10.1. The van der Waals surface area contributed by atoms with E-state index in [4.69, 9.17) is 66.2 Å². The number of amides is 5. The number of carbonyl (C=O) groups excluding carboxylic acids is 5. The molecule has 33 heteroatoms. The van der Waals surface area contributed by atoms with E-state index in [1.165, 1.54) is 117 Å². The van der Waals surface area contributed by atoms with Crippen LogP contribution in [0.1, 0.15) is 79.7 Å². The molecule has 5 N–H and O–H groups in total. The topological polar surface area (TPSA) is 308 Å². The predicted molar refractivity (Wildman–Crippen MR) is 460 cm³/mol. The Balaban J connectivity index is 0.000000154. The number of halogens is 9. The molecule has 0 unspecified atom stereocenters. The van der Waals surface area contributed by atoms with Crippen LogP contribution in [0.2, 0.25) is 10.0 Å². The van der Waals surface area contributed by atoms with Gasteiger partial charge in [-0.2, -0.15) is 4.39 Å². The second-order valence-electron chi connectivity index (χ2n) is 26.1. The molecule has 0 aliphatic rings. The number of benzene rings is 9. The summed E-state index contributed by atoms with van der Waals surface area (Å²) in [5.41, 5.74) is 6.05. The van der Waals surface area contributed by atoms with Gasteiger partial charge in [0.2, 0.25) is 5.82 Å². The number of anilines is 5. The van der Waals surface area contributed by atoms with Crippen LogP contribution in [0.4, 0.5) is 59.2 Å². The van der Waals surface area contributed by atoms with Crippen LogP contribution in [0.25, 0.3) is 0 Å². The fourth-order valence-electron chi connectivity index (χ4n) is 10.8. The van der Waals surface area contributed by atoms with Crippen molar-refractivity contribution >= 4 is 81.2 Å². The molecule has 6 aromatic heterocycles. The van der Waals surface area contributed by atoms with Gasteiger partial charge in [-0.25, -0.2) is 56.2 Å². The number of hydrogen-bond acceptors (Lipinski definition) is 19. The summed E-state index contributed by atoms with van der Waals surface area (Å²) in [6.45, 7) is 3.77. The van der Waals surface area contributed by atoms with Gasteiger partial charge >= 0.3 is 0 Å². The molecule has 15 rings (SSSR count). The summed E-state index contributed by atoms with van der Waals surface area (Å²) in [7, 11) is 0. The van der Waals surface area contributed by atoms with Crippen molar-refractivity contribution in [2.75, 3.05) is 26.6 Å². The van der Waals surface area contributed by atoms with Gasteiger partial charge in [0.1, 0.15) is 88.3 Å². The van der Waals surface area contributed by atoms with Crippen molar-refractivity contribution in [2.45, 2.75) is 13.8 Å². The second-order valence-corrected chi connectivity index (χ2v) is 26.9. The molecule has 0 bridgehead atoms. The first-order valence-electron chi connectivity index (χ1n) is 36.8. The van der Waals surface area contributed by atoms with Gasteiger partial charge in [-0.15, -0.1) is 19.3 Å². The maximum Gasteiger partial charge on any atom is 0.274 e. The molecule has 0 aliphatic carbocycles. The van der Waals surface area contributed by atoms with E-state index in [-0.39, 0.29) is 80.0 Å². The van der Waals surface area contributed by atoms with Gasteiger partial charge in [0.05, 0.1) is 62.0 Å². The Morgan fingerprint density at radius 2 is 0.677 bits per heavy atom. The van der Waals surface area contributed by atoms with Crippen molar-refractivity contribution in [1.82, 2.24) is 44.9 Å². The van der Waals surface area contributed by atoms with E-state index in [1.54, 1.807) is 109 Å². The van der Waals surface area contributed by atoms with Crippen molar-refractivity contribution < 1.29 is 78.4 Å². The summed E-state index contributed by atoms with van der Waals surface area (Å²) in [4.78, 5) is 95.6. The Kier molecular flexibility index (Phi) is 31.6. The lowest BCUT2D eigenvalue weighted by molar-refractivity contribution is 0.101. The molecule has 0 spiro atoms. The molecular formula is C94H61Cl2F7N14O10. The molecule has 15 aromatic rings. The monoisotopic (exact) mass is 1750 g/mol. The molecule has 0 atom stereocenters. The van der Waals surface area contributed by atoms with E-state index in [9.17, 15) is 54.7 Å². The van der Waals surface area contributed by atoms with Crippen LogP contribution in [0.15, 0.2) is 287 Å². The molecule has 0 saturated carbocycles. The molecule has 0 saturated heterocycles. The highest BCUT2D eigenvalue weighted by Crippen LogP contribution is 2.34. The second kappa shape index (κ2) is 44.4. The minimum absolute atomic E-state index is 0.0149. The zero-order chi connectivity index (χ0) is 90.3. The number of ether oxygens (including phenoxy) is 5. The molecule has 630 valence electrons. The number of aromatic nitrogens is 9. The Morgan fingerprint density at radius 3 is 1.12 bits per heavy atom. The lowest BCUT2D eigenvalue weighted by Gasteiger charge is -2.10. The number of aryl methyl sites for hydroxylation is 2. The summed E-state index contributed by atoms with van der Waals surface area (Å²) in [6, 6.07) is 48.7. The zero-order valence-corrected chi connectivity index (χ0v) is 67.4. The minimum atomic E-state index is -1.19. The van der Waals surface area contributed by atoms with E-state index in [1.807, 2.05) is 26.0 Å². The Morgan fingerprint density at radius 1 is 0.315 bits per heavy atom. The lowest BCUT2D eigenvalue weighted by Crippen LogP contribution is -2.13. The maximum absolute atomic E-state index is 14.0. The highest BCUT2D eigenvalue weighted by molar-refractivity contribution is 6.31. The molecule has 0 radical (unpaired) electrons. The summed E-state index contributed by atoms with van der Waals surface area (Å²) in [5.74, 6) is 1.62. The fraction of sp³-hybridized carbons (Fsp3) is 0.0213. The van der Waals surface area contributed by atoms with Gasteiger partial charge in [-0.1, -0.05) is 70.8 Å². The van der Waals surface area contributed by atoms with Crippen LogP contribution in [-0.4, -0.2) is 74.4 Å². The number of terminal acetylenes is 3. The predicted octanol–water partition coefficient (Wildman–Crippen LogP) is 21.1. The van der Waals surface area contributed by atoms with E-state index in [2.05, 4.69) is 89.2 Å². The molecule has 6 heterocycles. The largest absolute Gasteiger partial charge is 0.456 e. The smallest absolute Gasteiger partial charge is 0.274 e. The van der Waals surface area contributed by atoms with Gasteiger partial charge in [-0.3, -0.25) is 38.9 Å². The van der Waals surface area contributed by atoms with Crippen LogP contribution in [0.3, 0.4) is 0 Å². The molecule has 5 amide bonds. The highest BCUT2D eigenvalue weighted by atomic mass is 35.5. The van der Waals surface area contributed by atoms with Crippen molar-refractivity contribution in [3.05, 3.63) is 394 Å². The van der Waals surface area contributed by atoms with E-state index in [0.717, 1.165) is 59.9 Å². The third kappa shape index (κ3) is 28.5. The van der Waals surface area contributed by atoms with Gasteiger partial charge in [0.15, 0.2) is 28.8 Å². The van der Waals surface area contributed by atoms with Crippen molar-refractivity contribution in [1.29, 1.82) is 0 Å². The van der Waals surface area contributed by atoms with Crippen LogP contribution in [0.5, 0.6) is 57.5 Å². The molecule has 127 heavy (non-hydrogen) atoms. The first-order chi connectivity index (χ1) is 61.2. The van der Waals surface area contributed by atoms with Crippen LogP contribution < -0.4 is 50.3 Å². The average molecular weight is 1750 g/mol. The van der Waals surface area contributed by atoms with Gasteiger partial charge in [0.25, 0.3) is 29.5 Å². The van der Waals surface area contributed by atoms with E-state index >= 15 is 0 Å². The van der Waals surface area contributed by atoms with Gasteiger partial charge in [-0.05, 0) is 135 Å². The SMILES string of the molecule is C#Cc1cc(F)cc(C(=O)Nc2cc(F)cc(Oc3cncnc3)c2)c1.C#Cc1cccc(C(=O)Nc2cc(Cl)cc(Oc3cncc(F)c3)c2)c1.C#Cc1cccc(C(=O)Nc2cc(F)c(F)c(Oc3cncnc3)c2)c1.Cc1cccc(C(=O)Nc2cc(Cl)cc(Oc3cncc(F)c3)c2)c1.Cc1ccnc(C(=O)Nc2cc(F)cc(Oc3cncnc3)c2)c1. The maximum atomic E-state index is 14.0. The summed E-state index contributed by atoms with van der Waals surface area (Å²) in [5, 5.41) is 13.8. The first-order valence-corrected chi connectivity index (χ1v) is 37.5. The summed E-state index contributed by atoms with van der Waals surface area (Å²) < 4.78 is 123. The summed E-state index contributed by atoms with van der Waals surface area (Å²) >= 11 is 12.2. The number of nitrogens with one attached hydrogen (secondary N) is 5. The number of pyridine rings is 3. The van der Waals surface area contributed by atoms with Crippen molar-refractivity contribution in [2.24, 2.45) is 0 Å². The number of nitrogens with zero attached hydrogens (tertiary/aromatic N) is 9. The summed E-state index contributed by atoms with van der Waals surface area (Å²) in [6.07, 6.45) is 34.6. The third-order valence-electron chi connectivity index (χ3n) is 16.2. The first kappa shape index (κ1) is 90.6. The zero-order valence-electron chi connectivity index (χ0n) is 65.9. The van der Waals surface area contributed by atoms with Crippen LogP contribution in [0, 0.1) is 91.6 Å². The normalized spacial score (nSPS) is 10.1. The molecule has 24 nitrogen and oxygen atoms in total. The minimum Gasteiger partial charge on any atom is -0.456 e. The van der Waals surface area contributed by atoms with Crippen LogP contribution in [-0.2, 0) is 0 Å². The average Bonchev–Trinajstić information content (AvgIpc) is 0.841. The Bertz CT molecular complexity index is 6660. The molecular weight excluding hydrogens is 1690 g/mol. The van der Waals surface area contributed by atoms with E-state index in [0.29, 0.717) is 66.7 Å². The van der Waals surface area contributed by atoms with Crippen LogP contribution >= 0.6 is 23.2 Å². The standard InChI is InChI=1S/C20H12ClFN2O2.C19H14ClFN2O2.2C19H11F2N3O2.C17H13FN4O2/c1-2-13-4-3-5-14(6-13)20(25)24-17-7-15(21)8-18(10-17)26-19-9-16(22)11-23-12-19;1-12-3-2-4-13(5-12)19(24)23-16-6-14(20)7-17(9-16)25-18-8-15(21)10-22-11-18;1-2-12-3-13(5-14(20)4-12)19(25)24-16-6-15(21)7-17(8-16)26-18-9-22-11-23-10-18;1-2-12-4-3-5-13(6-12)19(25)24-14-7-16(20)18(21)17(8-14)26-15-9-22-11-23-10-15;1-11-2-3-21-16(4-11)17(23)22-13-5-12(18)6-14(7-13)24-15-8-19-10-20-9-15/h1,3-12H,(H,24,25);2-11H,1H3,(H,23,24);2*1,3-11H,(H,24,25);2-10H,1H3,(H,22,23). The van der Waals surface area contributed by atoms with Gasteiger partial charge in [0, 0.05) is 144 Å². The molecule has 9 aromatic carbocycles. The Hall–Kier alpha value is -17.2. The van der Waals surface area contributed by atoms with Crippen molar-refractivity contribution in [3.63, 3.8) is 0 Å². The number of hydrogen-bond donors (Lipinski definition) is 5. The highest BCUT2D eigenvalue weighted by Gasteiger charge is 2.19. The Labute approximate surface area is 729 Å². The molecule has 0 aliphatic heterocycles. The number of carbonyl (C=O) groups is 5. The van der Waals surface area contributed by atoms with Gasteiger partial charge < -0.3 is 50.3 Å². The quantitative estimate of drug-likeness (QED) is 0.0350. The molecule has 0 fully saturated rings. The fourth-order valence-corrected chi connectivity index (χ4v) is 11.3. The number of rotatable bonds is 20.